The number of hydrogen-bond acceptors (Lipinski definition) is 4. The molecule has 0 bridgehead atoms. The van der Waals surface area contributed by atoms with Gasteiger partial charge in [0.15, 0.2) is 4.34 Å². The fourth-order valence-corrected chi connectivity index (χ4v) is 5.46. The van der Waals surface area contributed by atoms with Crippen molar-refractivity contribution in [1.29, 1.82) is 0 Å². The zero-order valence-electron chi connectivity index (χ0n) is 13.6. The van der Waals surface area contributed by atoms with E-state index < -0.39 is 0 Å². The van der Waals surface area contributed by atoms with Gasteiger partial charge in [-0.2, -0.15) is 0 Å². The molecule has 24 heavy (non-hydrogen) atoms. The van der Waals surface area contributed by atoms with Crippen molar-refractivity contribution in [3.63, 3.8) is 0 Å². The van der Waals surface area contributed by atoms with Gasteiger partial charge in [-0.3, -0.25) is 4.79 Å². The number of para-hydroxylation sites is 2. The van der Waals surface area contributed by atoms with Gasteiger partial charge >= 0.3 is 0 Å². The molecule has 0 unspecified atom stereocenters. The standard InChI is InChI=1S/C19H18N2OS2/c1-12-11-14-7-3-5-9-16(14)21(12)18(22)13(2)23-19-20-15-8-4-6-10-17(15)24-19/h3-10,12-13H,11H2,1-2H3/t12-,13-/m1/s1. The lowest BCUT2D eigenvalue weighted by Gasteiger charge is -2.25. The SMILES string of the molecule is C[C@@H]1Cc2ccccc2N1C(=O)[C@@H](C)Sc1nc2ccccc2s1. The molecule has 4 rings (SSSR count). The Labute approximate surface area is 149 Å². The first-order valence-corrected chi connectivity index (χ1v) is 9.76. The van der Waals surface area contributed by atoms with Gasteiger partial charge in [0.2, 0.25) is 5.91 Å². The number of carbonyl (C=O) groups is 1. The molecule has 1 aliphatic rings. The van der Waals surface area contributed by atoms with E-state index in [-0.39, 0.29) is 17.2 Å². The van der Waals surface area contributed by atoms with Crippen molar-refractivity contribution >= 4 is 44.9 Å². The number of rotatable bonds is 3. The summed E-state index contributed by atoms with van der Waals surface area (Å²) in [6.07, 6.45) is 0.931. The lowest BCUT2D eigenvalue weighted by Crippen LogP contribution is -2.40. The van der Waals surface area contributed by atoms with E-state index in [1.54, 1.807) is 23.1 Å². The van der Waals surface area contributed by atoms with E-state index in [1.807, 2.05) is 48.2 Å². The lowest BCUT2D eigenvalue weighted by atomic mass is 10.1. The van der Waals surface area contributed by atoms with Gasteiger partial charge in [-0.1, -0.05) is 42.1 Å². The van der Waals surface area contributed by atoms with Crippen LogP contribution in [0.5, 0.6) is 0 Å². The first-order valence-electron chi connectivity index (χ1n) is 8.06. The van der Waals surface area contributed by atoms with Crippen LogP contribution in [0.15, 0.2) is 52.9 Å². The first-order chi connectivity index (χ1) is 11.6. The predicted octanol–water partition coefficient (Wildman–Crippen LogP) is 4.75. The van der Waals surface area contributed by atoms with Gasteiger partial charge in [-0.25, -0.2) is 4.98 Å². The molecule has 1 aliphatic heterocycles. The summed E-state index contributed by atoms with van der Waals surface area (Å²) in [5.41, 5.74) is 3.33. The third-order valence-corrected chi connectivity index (χ3v) is 6.56. The molecular weight excluding hydrogens is 336 g/mol. The number of thioether (sulfide) groups is 1. The predicted molar refractivity (Wildman–Crippen MR) is 102 cm³/mol. The first kappa shape index (κ1) is 15.7. The topological polar surface area (TPSA) is 33.2 Å². The number of benzene rings is 2. The molecule has 2 heterocycles. The fourth-order valence-electron chi connectivity index (χ4n) is 3.20. The van der Waals surface area contributed by atoms with E-state index in [4.69, 9.17) is 0 Å². The molecule has 0 saturated carbocycles. The van der Waals surface area contributed by atoms with Crippen LogP contribution in [0.4, 0.5) is 5.69 Å². The van der Waals surface area contributed by atoms with Crippen molar-refractivity contribution < 1.29 is 4.79 Å². The second-order valence-electron chi connectivity index (χ2n) is 6.10. The van der Waals surface area contributed by atoms with Gasteiger partial charge in [0.25, 0.3) is 0 Å². The molecule has 1 amide bonds. The highest BCUT2D eigenvalue weighted by atomic mass is 32.2. The average Bonchev–Trinajstić information content (AvgIpc) is 3.13. The molecule has 0 N–H and O–H groups in total. The van der Waals surface area contributed by atoms with E-state index >= 15 is 0 Å². The number of aromatic nitrogens is 1. The van der Waals surface area contributed by atoms with Crippen LogP contribution in [0.2, 0.25) is 0 Å². The van der Waals surface area contributed by atoms with E-state index in [2.05, 4.69) is 24.0 Å². The van der Waals surface area contributed by atoms with Crippen molar-refractivity contribution in [3.05, 3.63) is 54.1 Å². The molecule has 0 spiro atoms. The van der Waals surface area contributed by atoms with Crippen LogP contribution in [-0.4, -0.2) is 22.2 Å². The number of hydrogen-bond donors (Lipinski definition) is 0. The highest BCUT2D eigenvalue weighted by Gasteiger charge is 2.33. The van der Waals surface area contributed by atoms with Crippen LogP contribution in [0.25, 0.3) is 10.2 Å². The minimum atomic E-state index is -0.154. The molecule has 3 aromatic rings. The molecular formula is C19H18N2OS2. The third kappa shape index (κ3) is 2.72. The normalized spacial score (nSPS) is 17.9. The van der Waals surface area contributed by atoms with E-state index in [0.29, 0.717) is 0 Å². The van der Waals surface area contributed by atoms with Crippen molar-refractivity contribution in [1.82, 2.24) is 4.98 Å². The maximum absolute atomic E-state index is 13.0. The zero-order chi connectivity index (χ0) is 16.7. The monoisotopic (exact) mass is 354 g/mol. The van der Waals surface area contributed by atoms with Crippen molar-refractivity contribution in [2.45, 2.75) is 35.9 Å². The molecule has 1 aromatic heterocycles. The maximum Gasteiger partial charge on any atom is 0.240 e. The summed E-state index contributed by atoms with van der Waals surface area (Å²) in [5.74, 6) is 0.164. The van der Waals surface area contributed by atoms with E-state index in [1.165, 1.54) is 10.3 Å². The Bertz CT molecular complexity index is 872. The Morgan fingerprint density at radius 1 is 1.25 bits per heavy atom. The molecule has 0 radical (unpaired) electrons. The molecule has 122 valence electrons. The summed E-state index contributed by atoms with van der Waals surface area (Å²) < 4.78 is 2.12. The Morgan fingerprint density at radius 3 is 2.83 bits per heavy atom. The van der Waals surface area contributed by atoms with Gasteiger partial charge < -0.3 is 4.90 Å². The quantitative estimate of drug-likeness (QED) is 0.636. The lowest BCUT2D eigenvalue weighted by molar-refractivity contribution is -0.118. The van der Waals surface area contributed by atoms with Gasteiger partial charge in [0, 0.05) is 11.7 Å². The smallest absolute Gasteiger partial charge is 0.240 e. The highest BCUT2D eigenvalue weighted by Crippen LogP contribution is 2.36. The second kappa shape index (κ2) is 6.22. The van der Waals surface area contributed by atoms with E-state index in [9.17, 15) is 4.79 Å². The van der Waals surface area contributed by atoms with Gasteiger partial charge in [0.1, 0.15) is 0 Å². The van der Waals surface area contributed by atoms with Gasteiger partial charge in [-0.15, -0.1) is 11.3 Å². The minimum Gasteiger partial charge on any atom is -0.308 e. The van der Waals surface area contributed by atoms with Crippen LogP contribution >= 0.6 is 23.1 Å². The van der Waals surface area contributed by atoms with Crippen LogP contribution < -0.4 is 4.90 Å². The summed E-state index contributed by atoms with van der Waals surface area (Å²) in [5, 5.41) is -0.154. The summed E-state index contributed by atoms with van der Waals surface area (Å²) >= 11 is 3.21. The number of fused-ring (bicyclic) bond motifs is 2. The molecule has 0 aliphatic carbocycles. The van der Waals surface area contributed by atoms with Gasteiger partial charge in [0.05, 0.1) is 15.5 Å². The molecule has 3 nitrogen and oxygen atoms in total. The summed E-state index contributed by atoms with van der Waals surface area (Å²) in [6, 6.07) is 16.5. The van der Waals surface area contributed by atoms with Crippen LogP contribution in [-0.2, 0) is 11.2 Å². The number of carbonyl (C=O) groups excluding carboxylic acids is 1. The summed E-state index contributed by atoms with van der Waals surface area (Å²) in [4.78, 5) is 19.6. The largest absolute Gasteiger partial charge is 0.308 e. The Morgan fingerprint density at radius 2 is 2.00 bits per heavy atom. The summed E-state index contributed by atoms with van der Waals surface area (Å²) in [6.45, 7) is 4.10. The number of thiazole rings is 1. The Hall–Kier alpha value is -1.85. The maximum atomic E-state index is 13.0. The highest BCUT2D eigenvalue weighted by molar-refractivity contribution is 8.02. The number of anilines is 1. The van der Waals surface area contributed by atoms with Crippen LogP contribution in [0.3, 0.4) is 0 Å². The van der Waals surface area contributed by atoms with Crippen molar-refractivity contribution in [2.24, 2.45) is 0 Å². The molecule has 0 fully saturated rings. The number of amides is 1. The number of nitrogens with zero attached hydrogens (tertiary/aromatic N) is 2. The van der Waals surface area contributed by atoms with Crippen molar-refractivity contribution in [3.8, 4) is 0 Å². The molecule has 5 heteroatoms. The summed E-state index contributed by atoms with van der Waals surface area (Å²) in [7, 11) is 0. The van der Waals surface area contributed by atoms with Crippen LogP contribution in [0.1, 0.15) is 19.4 Å². The van der Waals surface area contributed by atoms with Crippen LogP contribution in [0, 0.1) is 0 Å². The molecule has 2 aromatic carbocycles. The zero-order valence-corrected chi connectivity index (χ0v) is 15.2. The van der Waals surface area contributed by atoms with E-state index in [0.717, 1.165) is 22.0 Å². The third-order valence-electron chi connectivity index (χ3n) is 4.34. The Balaban J connectivity index is 1.56. The van der Waals surface area contributed by atoms with Gasteiger partial charge in [-0.05, 0) is 44.0 Å². The fraction of sp³-hybridized carbons (Fsp3) is 0.263. The Kier molecular flexibility index (Phi) is 4.06. The van der Waals surface area contributed by atoms with Crippen molar-refractivity contribution in [2.75, 3.05) is 4.90 Å². The molecule has 0 saturated heterocycles. The second-order valence-corrected chi connectivity index (χ2v) is 8.72. The average molecular weight is 354 g/mol. The molecule has 2 atom stereocenters. The minimum absolute atomic E-state index is 0.154.